The number of benzene rings is 1. The summed E-state index contributed by atoms with van der Waals surface area (Å²) in [6.07, 6.45) is 1.82. The molecule has 0 radical (unpaired) electrons. The number of hydrogen-bond donors (Lipinski definition) is 1. The number of ether oxygens (including phenoxy) is 1. The predicted octanol–water partition coefficient (Wildman–Crippen LogP) is 4.29. The van der Waals surface area contributed by atoms with Gasteiger partial charge in [-0.3, -0.25) is 4.98 Å². The van der Waals surface area contributed by atoms with Gasteiger partial charge in [-0.2, -0.15) is 0 Å². The number of pyridine rings is 1. The third-order valence-electron chi connectivity index (χ3n) is 2.93. The van der Waals surface area contributed by atoms with Gasteiger partial charge in [-0.25, -0.2) is 0 Å². The molecule has 3 nitrogen and oxygen atoms in total. The van der Waals surface area contributed by atoms with Crippen molar-refractivity contribution in [2.75, 3.05) is 11.9 Å². The van der Waals surface area contributed by atoms with Crippen LogP contribution in [-0.2, 0) is 0 Å². The van der Waals surface area contributed by atoms with E-state index in [1.165, 1.54) is 0 Å². The lowest BCUT2D eigenvalue weighted by Gasteiger charge is -2.16. The van der Waals surface area contributed by atoms with Crippen molar-refractivity contribution in [2.24, 2.45) is 5.92 Å². The van der Waals surface area contributed by atoms with Crippen molar-refractivity contribution in [1.29, 1.82) is 0 Å². The molecule has 0 aliphatic carbocycles. The molecule has 1 aromatic carbocycles. The molecule has 0 fully saturated rings. The van der Waals surface area contributed by atoms with Crippen molar-refractivity contribution >= 4 is 5.69 Å². The summed E-state index contributed by atoms with van der Waals surface area (Å²) in [5, 5.41) is 3.44. The molecule has 0 spiro atoms. The van der Waals surface area contributed by atoms with Crippen LogP contribution in [0, 0.1) is 5.92 Å². The van der Waals surface area contributed by atoms with Crippen LogP contribution in [0.1, 0.15) is 32.5 Å². The van der Waals surface area contributed by atoms with Gasteiger partial charge in [0.2, 0.25) is 0 Å². The zero-order valence-corrected chi connectivity index (χ0v) is 12.3. The second-order valence-electron chi connectivity index (χ2n) is 5.35. The highest BCUT2D eigenvalue weighted by Crippen LogP contribution is 2.22. The summed E-state index contributed by atoms with van der Waals surface area (Å²) in [6.45, 7) is 7.12. The highest BCUT2D eigenvalue weighted by molar-refractivity contribution is 5.49. The summed E-state index contributed by atoms with van der Waals surface area (Å²) >= 11 is 0. The van der Waals surface area contributed by atoms with E-state index in [1.54, 1.807) is 0 Å². The zero-order valence-electron chi connectivity index (χ0n) is 12.3. The summed E-state index contributed by atoms with van der Waals surface area (Å²) in [5.41, 5.74) is 2.07. The number of nitrogens with one attached hydrogen (secondary N) is 1. The number of aromatic nitrogens is 1. The van der Waals surface area contributed by atoms with E-state index < -0.39 is 0 Å². The van der Waals surface area contributed by atoms with E-state index in [4.69, 9.17) is 4.74 Å². The standard InChI is InChI=1S/C17H22N2O/c1-13(2)12-20-16-8-6-7-15(11-16)19-14(3)17-9-4-5-10-18-17/h4-11,13-14,19H,12H2,1-3H3. The van der Waals surface area contributed by atoms with Gasteiger partial charge in [0.15, 0.2) is 0 Å². The molecule has 0 amide bonds. The lowest BCUT2D eigenvalue weighted by atomic mass is 10.2. The van der Waals surface area contributed by atoms with E-state index in [0.717, 1.165) is 23.7 Å². The summed E-state index contributed by atoms with van der Waals surface area (Å²) < 4.78 is 5.74. The smallest absolute Gasteiger partial charge is 0.121 e. The first-order chi connectivity index (χ1) is 9.65. The van der Waals surface area contributed by atoms with E-state index in [-0.39, 0.29) is 6.04 Å². The molecule has 1 unspecified atom stereocenters. The Kier molecular flexibility index (Phi) is 4.99. The number of nitrogens with zero attached hydrogens (tertiary/aromatic N) is 1. The van der Waals surface area contributed by atoms with Gasteiger partial charge in [0.05, 0.1) is 18.3 Å². The molecule has 2 aromatic rings. The topological polar surface area (TPSA) is 34.1 Å². The van der Waals surface area contributed by atoms with E-state index in [1.807, 2.05) is 48.7 Å². The highest BCUT2D eigenvalue weighted by atomic mass is 16.5. The van der Waals surface area contributed by atoms with Crippen molar-refractivity contribution in [3.8, 4) is 5.75 Å². The maximum atomic E-state index is 5.74. The molecule has 0 bridgehead atoms. The molecule has 1 aromatic heterocycles. The Morgan fingerprint density at radius 2 is 1.95 bits per heavy atom. The number of hydrogen-bond acceptors (Lipinski definition) is 3. The van der Waals surface area contributed by atoms with E-state index in [2.05, 4.69) is 31.1 Å². The first-order valence-corrected chi connectivity index (χ1v) is 7.05. The van der Waals surface area contributed by atoms with Crippen molar-refractivity contribution in [1.82, 2.24) is 4.98 Å². The number of anilines is 1. The van der Waals surface area contributed by atoms with Crippen LogP contribution in [0.25, 0.3) is 0 Å². The molecule has 106 valence electrons. The monoisotopic (exact) mass is 270 g/mol. The van der Waals surface area contributed by atoms with Crippen LogP contribution in [0.5, 0.6) is 5.75 Å². The van der Waals surface area contributed by atoms with Gasteiger partial charge in [-0.1, -0.05) is 26.0 Å². The third kappa shape index (κ3) is 4.26. The molecule has 0 aliphatic rings. The number of rotatable bonds is 6. The van der Waals surface area contributed by atoms with Gasteiger partial charge in [0.25, 0.3) is 0 Å². The Hall–Kier alpha value is -2.03. The zero-order chi connectivity index (χ0) is 14.4. The average Bonchev–Trinajstić information content (AvgIpc) is 2.46. The SMILES string of the molecule is CC(C)COc1cccc(NC(C)c2ccccn2)c1. The van der Waals surface area contributed by atoms with E-state index in [9.17, 15) is 0 Å². The fraction of sp³-hybridized carbons (Fsp3) is 0.353. The summed E-state index contributed by atoms with van der Waals surface area (Å²) in [7, 11) is 0. The molecule has 1 heterocycles. The quantitative estimate of drug-likeness (QED) is 0.850. The molecule has 3 heteroatoms. The molecule has 0 saturated carbocycles. The Balaban J connectivity index is 2.00. The van der Waals surface area contributed by atoms with Crippen LogP contribution < -0.4 is 10.1 Å². The highest BCUT2D eigenvalue weighted by Gasteiger charge is 2.06. The van der Waals surface area contributed by atoms with Gasteiger partial charge in [-0.05, 0) is 37.1 Å². The predicted molar refractivity (Wildman–Crippen MR) is 83.0 cm³/mol. The second-order valence-corrected chi connectivity index (χ2v) is 5.35. The lowest BCUT2D eigenvalue weighted by Crippen LogP contribution is -2.08. The van der Waals surface area contributed by atoms with Gasteiger partial charge < -0.3 is 10.1 Å². The Morgan fingerprint density at radius 3 is 2.65 bits per heavy atom. The fourth-order valence-electron chi connectivity index (χ4n) is 1.89. The molecule has 0 saturated heterocycles. The van der Waals surface area contributed by atoms with Crippen LogP contribution in [0.2, 0.25) is 0 Å². The molecule has 2 rings (SSSR count). The van der Waals surface area contributed by atoms with Crippen molar-refractivity contribution in [2.45, 2.75) is 26.8 Å². The normalized spacial score (nSPS) is 12.2. The molecular weight excluding hydrogens is 248 g/mol. The van der Waals surface area contributed by atoms with Gasteiger partial charge in [0.1, 0.15) is 5.75 Å². The molecule has 1 N–H and O–H groups in total. The molecule has 0 aliphatic heterocycles. The first-order valence-electron chi connectivity index (χ1n) is 7.05. The van der Waals surface area contributed by atoms with Gasteiger partial charge >= 0.3 is 0 Å². The van der Waals surface area contributed by atoms with Gasteiger partial charge in [0, 0.05) is 18.0 Å². The molecule has 20 heavy (non-hydrogen) atoms. The maximum Gasteiger partial charge on any atom is 0.121 e. The maximum absolute atomic E-state index is 5.74. The van der Waals surface area contributed by atoms with E-state index >= 15 is 0 Å². The Bertz CT molecular complexity index is 526. The molecular formula is C17H22N2O. The van der Waals surface area contributed by atoms with Crippen LogP contribution >= 0.6 is 0 Å². The lowest BCUT2D eigenvalue weighted by molar-refractivity contribution is 0.271. The Labute approximate surface area is 121 Å². The third-order valence-corrected chi connectivity index (χ3v) is 2.93. The minimum atomic E-state index is 0.163. The second kappa shape index (κ2) is 6.94. The molecule has 1 atom stereocenters. The van der Waals surface area contributed by atoms with Crippen LogP contribution in [0.15, 0.2) is 48.7 Å². The van der Waals surface area contributed by atoms with Gasteiger partial charge in [-0.15, -0.1) is 0 Å². The summed E-state index contributed by atoms with van der Waals surface area (Å²) in [6, 6.07) is 14.2. The van der Waals surface area contributed by atoms with Crippen LogP contribution in [0.4, 0.5) is 5.69 Å². The summed E-state index contributed by atoms with van der Waals surface area (Å²) in [5.74, 6) is 1.43. The Morgan fingerprint density at radius 1 is 1.10 bits per heavy atom. The van der Waals surface area contributed by atoms with Crippen molar-refractivity contribution in [3.63, 3.8) is 0 Å². The minimum Gasteiger partial charge on any atom is -0.493 e. The van der Waals surface area contributed by atoms with Crippen LogP contribution in [0.3, 0.4) is 0 Å². The van der Waals surface area contributed by atoms with Crippen molar-refractivity contribution < 1.29 is 4.74 Å². The average molecular weight is 270 g/mol. The first kappa shape index (κ1) is 14.4. The van der Waals surface area contributed by atoms with E-state index in [0.29, 0.717) is 5.92 Å². The largest absolute Gasteiger partial charge is 0.493 e. The fourth-order valence-corrected chi connectivity index (χ4v) is 1.89. The van der Waals surface area contributed by atoms with Crippen molar-refractivity contribution in [3.05, 3.63) is 54.4 Å². The minimum absolute atomic E-state index is 0.163. The summed E-state index contributed by atoms with van der Waals surface area (Å²) in [4.78, 5) is 4.36. The van der Waals surface area contributed by atoms with Crippen LogP contribution in [-0.4, -0.2) is 11.6 Å².